The highest BCUT2D eigenvalue weighted by molar-refractivity contribution is 8.17. The molecule has 0 aromatic carbocycles. The molecule has 0 aromatic rings. The number of allylic oxidation sites excluding steroid dienone is 2. The van der Waals surface area contributed by atoms with Crippen molar-refractivity contribution in [2.24, 2.45) is 0 Å². The van der Waals surface area contributed by atoms with Gasteiger partial charge < -0.3 is 0 Å². The van der Waals surface area contributed by atoms with Crippen molar-refractivity contribution < 1.29 is 0 Å². The number of fused-ring (bicyclic) bond motifs is 2. The molecule has 54 valence electrons. The molecular formula is C8H10S2. The first-order valence-corrected chi connectivity index (χ1v) is 5.63. The fraction of sp³-hybridized carbons (Fsp3) is 0.500. The van der Waals surface area contributed by atoms with Crippen LogP contribution in [0.1, 0.15) is 6.42 Å². The minimum Gasteiger partial charge on any atom is -0.143 e. The molecule has 0 nitrogen and oxygen atoms in total. The smallest absolute Gasteiger partial charge is 0.0403 e. The molecule has 0 radical (unpaired) electrons. The Morgan fingerprint density at radius 3 is 2.20 bits per heavy atom. The molecule has 2 aliphatic rings. The average Bonchev–Trinajstić information content (AvgIpc) is 2.12. The van der Waals surface area contributed by atoms with Gasteiger partial charge >= 0.3 is 0 Å². The van der Waals surface area contributed by atoms with E-state index in [9.17, 15) is 0 Å². The maximum atomic E-state index is 2.32. The molecule has 10 heavy (non-hydrogen) atoms. The normalized spacial score (nSPS) is 37.6. The van der Waals surface area contributed by atoms with Gasteiger partial charge in [-0.25, -0.2) is 0 Å². The van der Waals surface area contributed by atoms with Crippen molar-refractivity contribution in [1.29, 1.82) is 0 Å². The lowest BCUT2D eigenvalue weighted by Gasteiger charge is -2.22. The first kappa shape index (κ1) is 6.86. The van der Waals surface area contributed by atoms with Gasteiger partial charge in [-0.1, -0.05) is 24.3 Å². The fourth-order valence-corrected chi connectivity index (χ4v) is 4.15. The second-order valence-corrected chi connectivity index (χ2v) is 5.35. The zero-order chi connectivity index (χ0) is 6.81. The largest absolute Gasteiger partial charge is 0.143 e. The van der Waals surface area contributed by atoms with Crippen LogP contribution in [0.4, 0.5) is 0 Å². The Bertz CT molecular complexity index is 154. The van der Waals surface area contributed by atoms with Gasteiger partial charge in [0.05, 0.1) is 0 Å². The standard InChI is InChI=1S/C8H10S2/c1-2-4-8-5-7(3-1)9-6-10-8/h1-4,7-8H,5-6H2. The summed E-state index contributed by atoms with van der Waals surface area (Å²) in [6.07, 6.45) is 10.3. The van der Waals surface area contributed by atoms with Crippen LogP contribution in [0, 0.1) is 0 Å². The Hall–Kier alpha value is 0.180. The molecule has 1 saturated heterocycles. The van der Waals surface area contributed by atoms with Crippen LogP contribution < -0.4 is 0 Å². The summed E-state index contributed by atoms with van der Waals surface area (Å²) < 4.78 is 0. The molecule has 0 spiro atoms. The third-order valence-electron chi connectivity index (χ3n) is 1.79. The van der Waals surface area contributed by atoms with Gasteiger partial charge in [-0.3, -0.25) is 0 Å². The Morgan fingerprint density at radius 2 is 1.60 bits per heavy atom. The third kappa shape index (κ3) is 1.43. The zero-order valence-corrected chi connectivity index (χ0v) is 7.33. The van der Waals surface area contributed by atoms with Gasteiger partial charge in [0.1, 0.15) is 0 Å². The van der Waals surface area contributed by atoms with Crippen LogP contribution in [-0.4, -0.2) is 15.6 Å². The zero-order valence-electron chi connectivity index (χ0n) is 5.69. The number of rotatable bonds is 0. The molecular weight excluding hydrogens is 160 g/mol. The van der Waals surface area contributed by atoms with Crippen LogP contribution in [0.2, 0.25) is 0 Å². The lowest BCUT2D eigenvalue weighted by atomic mass is 10.2. The topological polar surface area (TPSA) is 0 Å². The van der Waals surface area contributed by atoms with Gasteiger partial charge in [-0.05, 0) is 6.42 Å². The van der Waals surface area contributed by atoms with Crippen LogP contribution in [0.25, 0.3) is 0 Å². The van der Waals surface area contributed by atoms with Crippen LogP contribution in [0.3, 0.4) is 0 Å². The second-order valence-electron chi connectivity index (χ2n) is 2.53. The number of hydrogen-bond acceptors (Lipinski definition) is 2. The first-order chi connectivity index (χ1) is 4.95. The summed E-state index contributed by atoms with van der Waals surface area (Å²) in [5.41, 5.74) is 0. The molecule has 1 aliphatic carbocycles. The Kier molecular flexibility index (Phi) is 2.10. The summed E-state index contributed by atoms with van der Waals surface area (Å²) in [6, 6.07) is 0. The van der Waals surface area contributed by atoms with E-state index < -0.39 is 0 Å². The summed E-state index contributed by atoms with van der Waals surface area (Å²) in [5.74, 6) is 0. The van der Waals surface area contributed by atoms with Crippen molar-refractivity contribution in [3.63, 3.8) is 0 Å². The van der Waals surface area contributed by atoms with Gasteiger partial charge in [0.2, 0.25) is 0 Å². The van der Waals surface area contributed by atoms with Crippen LogP contribution in [0.5, 0.6) is 0 Å². The third-order valence-corrected chi connectivity index (χ3v) is 4.44. The van der Waals surface area contributed by atoms with Gasteiger partial charge in [0, 0.05) is 15.6 Å². The van der Waals surface area contributed by atoms with Crippen molar-refractivity contribution in [1.82, 2.24) is 0 Å². The van der Waals surface area contributed by atoms with Crippen molar-refractivity contribution in [2.45, 2.75) is 16.9 Å². The average molecular weight is 170 g/mol. The predicted octanol–water partition coefficient (Wildman–Crippen LogP) is 2.68. The summed E-state index contributed by atoms with van der Waals surface area (Å²) in [5, 5.41) is 2.85. The van der Waals surface area contributed by atoms with E-state index in [0.29, 0.717) is 0 Å². The molecule has 0 N–H and O–H groups in total. The lowest BCUT2D eigenvalue weighted by molar-refractivity contribution is 0.901. The highest BCUT2D eigenvalue weighted by atomic mass is 32.2. The summed E-state index contributed by atoms with van der Waals surface area (Å²) in [7, 11) is 0. The SMILES string of the molecule is C1=CC2CC(C=C1)SCS2. The van der Waals surface area contributed by atoms with Gasteiger partial charge in [0.15, 0.2) is 0 Å². The first-order valence-electron chi connectivity index (χ1n) is 3.53. The van der Waals surface area contributed by atoms with E-state index in [1.807, 2.05) is 0 Å². The molecule has 2 bridgehead atoms. The van der Waals surface area contributed by atoms with Gasteiger partial charge in [-0.15, -0.1) is 23.5 Å². The Balaban J connectivity index is 2.14. The Morgan fingerprint density at radius 1 is 1.00 bits per heavy atom. The van der Waals surface area contributed by atoms with E-state index >= 15 is 0 Å². The molecule has 0 aromatic heterocycles. The molecule has 0 saturated carbocycles. The maximum absolute atomic E-state index is 2.32. The van der Waals surface area contributed by atoms with Crippen molar-refractivity contribution in [3.05, 3.63) is 24.3 Å². The van der Waals surface area contributed by atoms with E-state index in [-0.39, 0.29) is 0 Å². The van der Waals surface area contributed by atoms with Crippen molar-refractivity contribution in [3.8, 4) is 0 Å². The molecule has 0 amide bonds. The minimum atomic E-state index is 0.793. The molecule has 2 atom stereocenters. The summed E-state index contributed by atoms with van der Waals surface area (Å²) >= 11 is 4.14. The molecule has 2 rings (SSSR count). The van der Waals surface area contributed by atoms with Gasteiger partial charge in [-0.2, -0.15) is 0 Å². The van der Waals surface area contributed by atoms with E-state index in [1.165, 1.54) is 11.5 Å². The molecule has 1 heterocycles. The van der Waals surface area contributed by atoms with E-state index in [1.54, 1.807) is 0 Å². The monoisotopic (exact) mass is 170 g/mol. The molecule has 1 aliphatic heterocycles. The van der Waals surface area contributed by atoms with Crippen LogP contribution in [-0.2, 0) is 0 Å². The van der Waals surface area contributed by atoms with Crippen LogP contribution in [0.15, 0.2) is 24.3 Å². The molecule has 2 unspecified atom stereocenters. The highest BCUT2D eigenvalue weighted by Gasteiger charge is 2.19. The number of thioether (sulfide) groups is 2. The quantitative estimate of drug-likeness (QED) is 0.548. The highest BCUT2D eigenvalue weighted by Crippen LogP contribution is 2.36. The fourth-order valence-electron chi connectivity index (χ4n) is 1.22. The van der Waals surface area contributed by atoms with Crippen molar-refractivity contribution in [2.75, 3.05) is 5.08 Å². The van der Waals surface area contributed by atoms with Crippen LogP contribution >= 0.6 is 23.5 Å². The summed E-state index contributed by atoms with van der Waals surface area (Å²) in [6.45, 7) is 0. The maximum Gasteiger partial charge on any atom is 0.0403 e. The van der Waals surface area contributed by atoms with E-state index in [0.717, 1.165) is 10.5 Å². The van der Waals surface area contributed by atoms with E-state index in [4.69, 9.17) is 0 Å². The molecule has 2 heteroatoms. The number of hydrogen-bond donors (Lipinski definition) is 0. The lowest BCUT2D eigenvalue weighted by Crippen LogP contribution is -2.13. The minimum absolute atomic E-state index is 0.793. The predicted molar refractivity (Wildman–Crippen MR) is 50.5 cm³/mol. The van der Waals surface area contributed by atoms with Gasteiger partial charge in [0.25, 0.3) is 0 Å². The summed E-state index contributed by atoms with van der Waals surface area (Å²) in [4.78, 5) is 0. The molecule has 1 fully saturated rings. The Labute approximate surface area is 70.1 Å². The van der Waals surface area contributed by atoms with Crippen molar-refractivity contribution >= 4 is 23.5 Å². The van der Waals surface area contributed by atoms with E-state index in [2.05, 4.69) is 47.8 Å². The second kappa shape index (κ2) is 3.05.